The zero-order valence-electron chi connectivity index (χ0n) is 11.1. The Bertz CT molecular complexity index is 665. The average Bonchev–Trinajstić information content (AvgIpc) is 2.90. The van der Waals surface area contributed by atoms with Crippen molar-refractivity contribution < 1.29 is 9.32 Å². The second kappa shape index (κ2) is 6.55. The van der Waals surface area contributed by atoms with E-state index in [1.54, 1.807) is 13.0 Å². The monoisotopic (exact) mass is 269 g/mol. The van der Waals surface area contributed by atoms with Gasteiger partial charge in [0.2, 0.25) is 0 Å². The number of rotatable bonds is 3. The van der Waals surface area contributed by atoms with Gasteiger partial charge < -0.3 is 15.6 Å². The first-order chi connectivity index (χ1) is 9.70. The van der Waals surface area contributed by atoms with Gasteiger partial charge in [0.1, 0.15) is 5.76 Å². The Morgan fingerprint density at radius 1 is 1.45 bits per heavy atom. The van der Waals surface area contributed by atoms with Crippen molar-refractivity contribution in [3.05, 3.63) is 52.9 Å². The highest BCUT2D eigenvalue weighted by molar-refractivity contribution is 5.92. The van der Waals surface area contributed by atoms with Crippen LogP contribution in [-0.4, -0.2) is 17.6 Å². The van der Waals surface area contributed by atoms with E-state index in [1.165, 1.54) is 0 Å². The van der Waals surface area contributed by atoms with Crippen molar-refractivity contribution in [3.8, 4) is 11.8 Å². The predicted molar refractivity (Wildman–Crippen MR) is 74.8 cm³/mol. The van der Waals surface area contributed by atoms with Gasteiger partial charge in [0.05, 0.1) is 6.54 Å². The molecule has 0 radical (unpaired) electrons. The van der Waals surface area contributed by atoms with Crippen molar-refractivity contribution >= 4 is 5.91 Å². The lowest BCUT2D eigenvalue weighted by molar-refractivity contribution is 0.0942. The van der Waals surface area contributed by atoms with E-state index < -0.39 is 0 Å². The molecule has 0 bridgehead atoms. The molecule has 1 amide bonds. The molecule has 2 aromatic rings. The van der Waals surface area contributed by atoms with Gasteiger partial charge in [-0.3, -0.25) is 4.79 Å². The van der Waals surface area contributed by atoms with Crippen LogP contribution in [0.2, 0.25) is 0 Å². The number of benzene rings is 1. The van der Waals surface area contributed by atoms with Gasteiger partial charge in [0, 0.05) is 18.2 Å². The van der Waals surface area contributed by atoms with Gasteiger partial charge in [-0.05, 0) is 18.6 Å². The average molecular weight is 269 g/mol. The van der Waals surface area contributed by atoms with Crippen LogP contribution in [0.4, 0.5) is 0 Å². The second-order valence-electron chi connectivity index (χ2n) is 4.17. The molecule has 5 nitrogen and oxygen atoms in total. The van der Waals surface area contributed by atoms with Crippen LogP contribution < -0.4 is 11.1 Å². The first-order valence-corrected chi connectivity index (χ1v) is 6.19. The topological polar surface area (TPSA) is 81.2 Å². The third kappa shape index (κ3) is 3.46. The summed E-state index contributed by atoms with van der Waals surface area (Å²) in [5.41, 5.74) is 7.42. The molecule has 0 aliphatic carbocycles. The van der Waals surface area contributed by atoms with E-state index in [0.29, 0.717) is 18.8 Å². The zero-order chi connectivity index (χ0) is 14.4. The highest BCUT2D eigenvalue weighted by atomic mass is 16.5. The normalized spacial score (nSPS) is 9.70. The molecule has 1 aromatic heterocycles. The van der Waals surface area contributed by atoms with Gasteiger partial charge in [0.15, 0.2) is 5.69 Å². The molecule has 0 aliphatic rings. The van der Waals surface area contributed by atoms with Crippen LogP contribution in [0.25, 0.3) is 0 Å². The number of nitrogens with one attached hydrogen (secondary N) is 1. The summed E-state index contributed by atoms with van der Waals surface area (Å²) >= 11 is 0. The molecule has 1 heterocycles. The maximum Gasteiger partial charge on any atom is 0.273 e. The fourth-order valence-corrected chi connectivity index (χ4v) is 1.68. The molecule has 0 saturated heterocycles. The van der Waals surface area contributed by atoms with Crippen LogP contribution in [0.15, 0.2) is 34.9 Å². The van der Waals surface area contributed by atoms with Crippen LogP contribution in [0.3, 0.4) is 0 Å². The van der Waals surface area contributed by atoms with E-state index in [9.17, 15) is 4.79 Å². The molecular formula is C15H15N3O2. The lowest BCUT2D eigenvalue weighted by Crippen LogP contribution is -2.23. The fraction of sp³-hybridized carbons (Fsp3) is 0.200. The van der Waals surface area contributed by atoms with Crippen LogP contribution in [0, 0.1) is 18.8 Å². The first kappa shape index (κ1) is 13.8. The molecule has 20 heavy (non-hydrogen) atoms. The predicted octanol–water partition coefficient (Wildman–Crippen LogP) is 1.22. The summed E-state index contributed by atoms with van der Waals surface area (Å²) < 4.78 is 4.87. The Kier molecular flexibility index (Phi) is 4.53. The number of nitrogens with two attached hydrogens (primary N) is 1. The van der Waals surface area contributed by atoms with E-state index in [1.807, 2.05) is 24.3 Å². The zero-order valence-corrected chi connectivity index (χ0v) is 11.1. The first-order valence-electron chi connectivity index (χ1n) is 6.19. The third-order valence-electron chi connectivity index (χ3n) is 2.64. The maximum absolute atomic E-state index is 11.9. The number of hydrogen-bond donors (Lipinski definition) is 2. The van der Waals surface area contributed by atoms with Gasteiger partial charge in [-0.2, -0.15) is 0 Å². The van der Waals surface area contributed by atoms with Gasteiger partial charge in [-0.1, -0.05) is 35.2 Å². The number of aromatic nitrogens is 1. The molecular weight excluding hydrogens is 254 g/mol. The lowest BCUT2D eigenvalue weighted by Gasteiger charge is -2.05. The molecule has 0 saturated carbocycles. The molecule has 0 aliphatic heterocycles. The molecule has 3 N–H and O–H groups in total. The number of amides is 1. The Labute approximate surface area is 117 Å². The number of aryl methyl sites for hydroxylation is 1. The summed E-state index contributed by atoms with van der Waals surface area (Å²) in [7, 11) is 0. The lowest BCUT2D eigenvalue weighted by atomic mass is 10.1. The third-order valence-corrected chi connectivity index (χ3v) is 2.64. The van der Waals surface area contributed by atoms with Crippen LogP contribution in [0.5, 0.6) is 0 Å². The summed E-state index contributed by atoms with van der Waals surface area (Å²) in [6.45, 7) is 2.42. The minimum absolute atomic E-state index is 0.271. The Hall–Kier alpha value is -2.58. The quantitative estimate of drug-likeness (QED) is 0.821. The van der Waals surface area contributed by atoms with Crippen molar-refractivity contribution in [1.29, 1.82) is 0 Å². The van der Waals surface area contributed by atoms with Crippen LogP contribution in [0.1, 0.15) is 27.4 Å². The van der Waals surface area contributed by atoms with Gasteiger partial charge in [0.25, 0.3) is 5.91 Å². The minimum atomic E-state index is -0.275. The van der Waals surface area contributed by atoms with Crippen LogP contribution in [-0.2, 0) is 6.54 Å². The Morgan fingerprint density at radius 3 is 2.95 bits per heavy atom. The summed E-state index contributed by atoms with van der Waals surface area (Å²) in [6, 6.07) is 9.19. The van der Waals surface area contributed by atoms with Gasteiger partial charge >= 0.3 is 0 Å². The summed E-state index contributed by atoms with van der Waals surface area (Å²) in [5, 5.41) is 6.45. The van der Waals surface area contributed by atoms with E-state index in [0.717, 1.165) is 11.1 Å². The minimum Gasteiger partial charge on any atom is -0.361 e. The largest absolute Gasteiger partial charge is 0.361 e. The van der Waals surface area contributed by atoms with Crippen LogP contribution >= 0.6 is 0 Å². The van der Waals surface area contributed by atoms with Gasteiger partial charge in [-0.15, -0.1) is 0 Å². The van der Waals surface area contributed by atoms with E-state index in [-0.39, 0.29) is 11.6 Å². The smallest absolute Gasteiger partial charge is 0.273 e. The SMILES string of the molecule is Cc1cc(C(=O)NCc2ccccc2C#CCN)no1. The second-order valence-corrected chi connectivity index (χ2v) is 4.17. The molecule has 0 spiro atoms. The van der Waals surface area contributed by atoms with Crippen molar-refractivity contribution in [3.63, 3.8) is 0 Å². The summed E-state index contributed by atoms with van der Waals surface area (Å²) in [4.78, 5) is 11.9. The number of nitrogens with zero attached hydrogens (tertiary/aromatic N) is 1. The van der Waals surface area contributed by atoms with Crippen molar-refractivity contribution in [1.82, 2.24) is 10.5 Å². The highest BCUT2D eigenvalue weighted by Gasteiger charge is 2.10. The van der Waals surface area contributed by atoms with Crippen molar-refractivity contribution in [2.45, 2.75) is 13.5 Å². The molecule has 5 heteroatoms. The molecule has 0 atom stereocenters. The number of carbonyl (C=O) groups excluding carboxylic acids is 1. The summed E-state index contributed by atoms with van der Waals surface area (Å²) in [6.07, 6.45) is 0. The summed E-state index contributed by atoms with van der Waals surface area (Å²) in [5.74, 6) is 6.11. The number of hydrogen-bond acceptors (Lipinski definition) is 4. The molecule has 0 unspecified atom stereocenters. The van der Waals surface area contributed by atoms with Crippen molar-refractivity contribution in [2.24, 2.45) is 5.73 Å². The van der Waals surface area contributed by atoms with Crippen molar-refractivity contribution in [2.75, 3.05) is 6.54 Å². The fourth-order valence-electron chi connectivity index (χ4n) is 1.68. The Balaban J connectivity index is 2.06. The molecule has 1 aromatic carbocycles. The Morgan fingerprint density at radius 2 is 2.25 bits per heavy atom. The van der Waals surface area contributed by atoms with E-state index in [4.69, 9.17) is 10.3 Å². The maximum atomic E-state index is 11.9. The van der Waals surface area contributed by atoms with Gasteiger partial charge in [-0.25, -0.2) is 0 Å². The highest BCUT2D eigenvalue weighted by Crippen LogP contribution is 2.08. The van der Waals surface area contributed by atoms with E-state index in [2.05, 4.69) is 22.3 Å². The molecule has 0 fully saturated rings. The molecule has 2 rings (SSSR count). The number of carbonyl (C=O) groups is 1. The molecule has 102 valence electrons. The van der Waals surface area contributed by atoms with E-state index >= 15 is 0 Å². The standard InChI is InChI=1S/C15H15N3O2/c1-11-9-14(18-20-11)15(19)17-10-13-6-3-2-5-12(13)7-4-8-16/h2-3,5-6,9H,8,10,16H2,1H3,(H,17,19).